The van der Waals surface area contributed by atoms with Crippen LogP contribution in [0.5, 0.6) is 5.75 Å². The molecule has 0 aliphatic rings. The number of nitrogens with one attached hydrogen (secondary N) is 1. The summed E-state index contributed by atoms with van der Waals surface area (Å²) in [6, 6.07) is 12.9. The number of rotatable bonds is 7. The minimum atomic E-state index is -3.79. The van der Waals surface area contributed by atoms with Crippen molar-refractivity contribution in [1.82, 2.24) is 4.72 Å². The number of benzene rings is 2. The molecule has 0 fully saturated rings. The van der Waals surface area contributed by atoms with Gasteiger partial charge in [0.1, 0.15) is 12.4 Å². The molecule has 0 saturated carbocycles. The number of halogens is 1. The molecule has 24 heavy (non-hydrogen) atoms. The van der Waals surface area contributed by atoms with Gasteiger partial charge in [-0.3, -0.25) is 0 Å². The van der Waals surface area contributed by atoms with Crippen molar-refractivity contribution in [2.24, 2.45) is 0 Å². The van der Waals surface area contributed by atoms with Crippen LogP contribution < -0.4 is 9.46 Å². The van der Waals surface area contributed by atoms with Gasteiger partial charge in [0.05, 0.1) is 22.6 Å². The van der Waals surface area contributed by atoms with Crippen LogP contribution in [0.1, 0.15) is 10.4 Å². The van der Waals surface area contributed by atoms with E-state index in [1.54, 1.807) is 12.1 Å². The van der Waals surface area contributed by atoms with Crippen molar-refractivity contribution in [2.45, 2.75) is 4.90 Å². The van der Waals surface area contributed by atoms with E-state index in [1.807, 2.05) is 18.2 Å². The fourth-order valence-electron chi connectivity index (χ4n) is 1.88. The van der Waals surface area contributed by atoms with Gasteiger partial charge in [-0.1, -0.05) is 29.8 Å². The average Bonchev–Trinajstić information content (AvgIpc) is 2.59. The van der Waals surface area contributed by atoms with Gasteiger partial charge in [-0.15, -0.1) is 0 Å². The summed E-state index contributed by atoms with van der Waals surface area (Å²) in [6.45, 7) is 0.244. The maximum Gasteiger partial charge on any atom is 0.339 e. The summed E-state index contributed by atoms with van der Waals surface area (Å²) in [5.74, 6) is -0.0550. The normalized spacial score (nSPS) is 11.1. The number of para-hydroxylation sites is 1. The van der Waals surface area contributed by atoms with E-state index in [1.165, 1.54) is 25.3 Å². The fraction of sp³-hybridized carbons (Fsp3) is 0.188. The number of esters is 1. The van der Waals surface area contributed by atoms with E-state index in [-0.39, 0.29) is 28.6 Å². The maximum atomic E-state index is 12.3. The molecule has 0 saturated heterocycles. The minimum absolute atomic E-state index is 0.0115. The Bertz CT molecular complexity index is 808. The Balaban J connectivity index is 2.01. The molecule has 2 rings (SSSR count). The number of methoxy groups -OCH3 is 1. The average molecular weight is 370 g/mol. The van der Waals surface area contributed by atoms with Crippen LogP contribution in [0.3, 0.4) is 0 Å². The highest BCUT2D eigenvalue weighted by atomic mass is 35.5. The molecule has 0 aliphatic carbocycles. The third-order valence-electron chi connectivity index (χ3n) is 3.06. The molecule has 1 N–H and O–H groups in total. The van der Waals surface area contributed by atoms with Gasteiger partial charge in [0.2, 0.25) is 10.0 Å². The Labute approximate surface area is 145 Å². The van der Waals surface area contributed by atoms with E-state index in [0.29, 0.717) is 5.75 Å². The van der Waals surface area contributed by atoms with Crippen molar-refractivity contribution < 1.29 is 22.7 Å². The molecule has 0 radical (unpaired) electrons. The van der Waals surface area contributed by atoms with Gasteiger partial charge in [0.15, 0.2) is 0 Å². The molecule has 2 aromatic carbocycles. The van der Waals surface area contributed by atoms with Crippen molar-refractivity contribution in [3.63, 3.8) is 0 Å². The van der Waals surface area contributed by atoms with E-state index >= 15 is 0 Å². The predicted molar refractivity (Wildman–Crippen MR) is 89.9 cm³/mol. The first-order valence-corrected chi connectivity index (χ1v) is 8.85. The summed E-state index contributed by atoms with van der Waals surface area (Å²) in [7, 11) is -2.60. The van der Waals surface area contributed by atoms with Crippen LogP contribution >= 0.6 is 11.6 Å². The SMILES string of the molecule is COC(=O)c1cc(S(=O)(=O)NCCOc2ccccc2)ccc1Cl. The minimum Gasteiger partial charge on any atom is -0.492 e. The van der Waals surface area contributed by atoms with Crippen LogP contribution in [-0.4, -0.2) is 34.6 Å². The summed E-state index contributed by atoms with van der Waals surface area (Å²) >= 11 is 5.88. The zero-order chi connectivity index (χ0) is 17.6. The van der Waals surface area contributed by atoms with Crippen LogP contribution in [-0.2, 0) is 14.8 Å². The number of ether oxygens (including phenoxy) is 2. The Kier molecular flexibility index (Phi) is 6.19. The highest BCUT2D eigenvalue weighted by Gasteiger charge is 2.18. The van der Waals surface area contributed by atoms with Crippen molar-refractivity contribution in [2.75, 3.05) is 20.3 Å². The zero-order valence-corrected chi connectivity index (χ0v) is 14.4. The van der Waals surface area contributed by atoms with E-state index in [4.69, 9.17) is 16.3 Å². The number of sulfonamides is 1. The Morgan fingerprint density at radius 2 is 1.88 bits per heavy atom. The second-order valence-electron chi connectivity index (χ2n) is 4.69. The lowest BCUT2D eigenvalue weighted by molar-refractivity contribution is 0.0600. The summed E-state index contributed by atoms with van der Waals surface area (Å²) in [5, 5.41) is 0.119. The highest BCUT2D eigenvalue weighted by Crippen LogP contribution is 2.21. The van der Waals surface area contributed by atoms with Gasteiger partial charge in [-0.05, 0) is 30.3 Å². The van der Waals surface area contributed by atoms with E-state index in [0.717, 1.165) is 0 Å². The van der Waals surface area contributed by atoms with E-state index < -0.39 is 16.0 Å². The van der Waals surface area contributed by atoms with Crippen LogP contribution in [0.4, 0.5) is 0 Å². The molecular weight excluding hydrogens is 354 g/mol. The first-order valence-electron chi connectivity index (χ1n) is 6.99. The predicted octanol–water partition coefficient (Wildman–Crippen LogP) is 2.48. The number of hydrogen-bond acceptors (Lipinski definition) is 5. The first-order chi connectivity index (χ1) is 11.4. The van der Waals surface area contributed by atoms with Crippen LogP contribution in [0.2, 0.25) is 5.02 Å². The zero-order valence-electron chi connectivity index (χ0n) is 12.9. The standard InChI is InChI=1S/C16H16ClNO5S/c1-22-16(19)14-11-13(7-8-15(14)17)24(20,21)18-9-10-23-12-5-3-2-4-6-12/h2-8,11,18H,9-10H2,1H3. The van der Waals surface area contributed by atoms with Gasteiger partial charge in [0.25, 0.3) is 0 Å². The first kappa shape index (κ1) is 18.3. The van der Waals surface area contributed by atoms with Crippen LogP contribution in [0.15, 0.2) is 53.4 Å². The molecule has 0 spiro atoms. The summed E-state index contributed by atoms with van der Waals surface area (Å²) in [4.78, 5) is 11.5. The lowest BCUT2D eigenvalue weighted by Gasteiger charge is -2.10. The number of hydrogen-bond donors (Lipinski definition) is 1. The highest BCUT2D eigenvalue weighted by molar-refractivity contribution is 7.89. The Morgan fingerprint density at radius 1 is 1.17 bits per heavy atom. The smallest absolute Gasteiger partial charge is 0.339 e. The van der Waals surface area contributed by atoms with Crippen molar-refractivity contribution in [3.05, 3.63) is 59.1 Å². The van der Waals surface area contributed by atoms with Gasteiger partial charge >= 0.3 is 5.97 Å². The third kappa shape index (κ3) is 4.70. The number of carbonyl (C=O) groups excluding carboxylic acids is 1. The molecule has 8 heteroatoms. The van der Waals surface area contributed by atoms with Gasteiger partial charge < -0.3 is 9.47 Å². The molecule has 0 unspecified atom stereocenters. The van der Waals surface area contributed by atoms with E-state index in [2.05, 4.69) is 9.46 Å². The quantitative estimate of drug-likeness (QED) is 0.599. The molecule has 0 bridgehead atoms. The summed E-state index contributed by atoms with van der Waals surface area (Å²) < 4.78 is 36.9. The molecule has 128 valence electrons. The molecule has 0 heterocycles. The second kappa shape index (κ2) is 8.14. The molecular formula is C16H16ClNO5S. The van der Waals surface area contributed by atoms with Gasteiger partial charge in [-0.2, -0.15) is 0 Å². The fourth-order valence-corrected chi connectivity index (χ4v) is 3.12. The third-order valence-corrected chi connectivity index (χ3v) is 4.85. The summed E-state index contributed by atoms with van der Waals surface area (Å²) in [5.41, 5.74) is -0.0115. The van der Waals surface area contributed by atoms with Crippen molar-refractivity contribution in [1.29, 1.82) is 0 Å². The largest absolute Gasteiger partial charge is 0.492 e. The Hall–Kier alpha value is -2.09. The molecule has 0 aromatic heterocycles. The number of carbonyl (C=O) groups is 1. The van der Waals surface area contributed by atoms with Gasteiger partial charge in [0, 0.05) is 6.54 Å². The maximum absolute atomic E-state index is 12.3. The topological polar surface area (TPSA) is 81.7 Å². The van der Waals surface area contributed by atoms with Crippen molar-refractivity contribution in [3.8, 4) is 5.75 Å². The second-order valence-corrected chi connectivity index (χ2v) is 6.87. The lowest BCUT2D eigenvalue weighted by atomic mass is 10.2. The molecule has 6 nitrogen and oxygen atoms in total. The summed E-state index contributed by atoms with van der Waals surface area (Å²) in [6.07, 6.45) is 0. The van der Waals surface area contributed by atoms with Crippen molar-refractivity contribution >= 4 is 27.6 Å². The molecule has 0 atom stereocenters. The van der Waals surface area contributed by atoms with Crippen LogP contribution in [0.25, 0.3) is 0 Å². The molecule has 2 aromatic rings. The monoisotopic (exact) mass is 369 g/mol. The molecule has 0 amide bonds. The lowest BCUT2D eigenvalue weighted by Crippen LogP contribution is -2.28. The van der Waals surface area contributed by atoms with Gasteiger partial charge in [-0.25, -0.2) is 17.9 Å². The van der Waals surface area contributed by atoms with E-state index in [9.17, 15) is 13.2 Å². The van der Waals surface area contributed by atoms with Crippen LogP contribution in [0, 0.1) is 0 Å². The molecule has 0 aliphatic heterocycles. The Morgan fingerprint density at radius 3 is 2.54 bits per heavy atom.